The molecule has 0 atom stereocenters. The van der Waals surface area contributed by atoms with E-state index in [0.29, 0.717) is 6.54 Å². The number of hydrogen-bond donors (Lipinski definition) is 0. The molecule has 2 fully saturated rings. The Labute approximate surface area is 222 Å². The number of carbonyl (C=O) groups is 1. The first-order valence-electron chi connectivity index (χ1n) is 11.6. The van der Waals surface area contributed by atoms with E-state index in [2.05, 4.69) is 26.9 Å². The number of halogens is 3. The first kappa shape index (κ1) is 30.3. The monoisotopic (exact) mass is 527 g/mol. The summed E-state index contributed by atoms with van der Waals surface area (Å²) in [6, 6.07) is 14.0. The van der Waals surface area contributed by atoms with E-state index in [1.165, 1.54) is 6.42 Å². The molecule has 1 saturated heterocycles. The average molecular weight is 529 g/mol. The molecular weight excluding hydrogens is 495 g/mol. The molecule has 190 valence electrons. The molecule has 1 aromatic carbocycles. The molecular formula is C25H34Cl3N4O2-3. The number of piperazine rings is 1. The maximum absolute atomic E-state index is 13.3. The predicted molar refractivity (Wildman–Crippen MR) is 125 cm³/mol. The van der Waals surface area contributed by atoms with Crippen LogP contribution < -0.4 is 51.8 Å². The Morgan fingerprint density at radius 2 is 1.65 bits per heavy atom. The second-order valence-corrected chi connectivity index (χ2v) is 8.51. The standard InChI is InChI=1S/C25H34N4O2.3ClH/c1-31-23-12-6-5-11-22(23)28-18-15-27(16-19-28)17-20-29(24-13-7-8-14-26-24)25(30)21-9-3-2-4-10-21;;;/h5-8,11-14,21H,2-4,9-10,15-20H2,1H3;3*1H/p-3. The van der Waals surface area contributed by atoms with Gasteiger partial charge >= 0.3 is 0 Å². The molecule has 1 aromatic heterocycles. The zero-order valence-corrected chi connectivity index (χ0v) is 22.0. The maximum atomic E-state index is 13.3. The van der Waals surface area contributed by atoms with E-state index in [4.69, 9.17) is 4.74 Å². The van der Waals surface area contributed by atoms with Crippen molar-refractivity contribution in [3.63, 3.8) is 0 Å². The van der Waals surface area contributed by atoms with Gasteiger partial charge in [-0.1, -0.05) is 37.5 Å². The van der Waals surface area contributed by atoms with Crippen molar-refractivity contribution in [3.8, 4) is 5.75 Å². The fourth-order valence-corrected chi connectivity index (χ4v) is 4.77. The summed E-state index contributed by atoms with van der Waals surface area (Å²) in [6.07, 6.45) is 7.39. The quantitative estimate of drug-likeness (QED) is 0.360. The summed E-state index contributed by atoms with van der Waals surface area (Å²) >= 11 is 0. The Balaban J connectivity index is 0.00000193. The lowest BCUT2D eigenvalue weighted by molar-refractivity contribution is -0.123. The summed E-state index contributed by atoms with van der Waals surface area (Å²) in [6.45, 7) is 5.44. The molecule has 4 rings (SSSR count). The maximum Gasteiger partial charge on any atom is 0.231 e. The van der Waals surface area contributed by atoms with Crippen molar-refractivity contribution in [2.24, 2.45) is 5.92 Å². The molecule has 9 heteroatoms. The van der Waals surface area contributed by atoms with Crippen LogP contribution in [0.5, 0.6) is 5.75 Å². The van der Waals surface area contributed by atoms with Crippen LogP contribution in [0.2, 0.25) is 0 Å². The summed E-state index contributed by atoms with van der Waals surface area (Å²) in [7, 11) is 1.73. The van der Waals surface area contributed by atoms with E-state index >= 15 is 0 Å². The van der Waals surface area contributed by atoms with Gasteiger partial charge in [-0.05, 0) is 37.1 Å². The number of hydrogen-bond acceptors (Lipinski definition) is 5. The van der Waals surface area contributed by atoms with Crippen molar-refractivity contribution in [1.29, 1.82) is 0 Å². The Kier molecular flexibility index (Phi) is 13.6. The van der Waals surface area contributed by atoms with E-state index in [1.54, 1.807) is 13.3 Å². The highest BCUT2D eigenvalue weighted by atomic mass is 35.5. The largest absolute Gasteiger partial charge is 1.00 e. The van der Waals surface area contributed by atoms with Crippen LogP contribution >= 0.6 is 0 Å². The van der Waals surface area contributed by atoms with Crippen LogP contribution in [0.4, 0.5) is 11.5 Å². The van der Waals surface area contributed by atoms with Crippen LogP contribution in [0.1, 0.15) is 32.1 Å². The Hall–Kier alpha value is -1.73. The van der Waals surface area contributed by atoms with Gasteiger partial charge in [-0.25, -0.2) is 4.98 Å². The minimum Gasteiger partial charge on any atom is -1.00 e. The van der Waals surface area contributed by atoms with Crippen LogP contribution in [-0.4, -0.2) is 62.2 Å². The molecule has 34 heavy (non-hydrogen) atoms. The number of aromatic nitrogens is 1. The van der Waals surface area contributed by atoms with E-state index in [0.717, 1.165) is 75.7 Å². The van der Waals surface area contributed by atoms with Gasteiger partial charge in [-0.15, -0.1) is 0 Å². The van der Waals surface area contributed by atoms with Crippen molar-refractivity contribution >= 4 is 17.4 Å². The minimum atomic E-state index is 0. The Morgan fingerprint density at radius 1 is 0.971 bits per heavy atom. The molecule has 0 bridgehead atoms. The number of pyridine rings is 1. The first-order valence-corrected chi connectivity index (χ1v) is 11.6. The highest BCUT2D eigenvalue weighted by Crippen LogP contribution is 2.29. The molecule has 2 aliphatic rings. The number of methoxy groups -OCH3 is 1. The van der Waals surface area contributed by atoms with E-state index in [9.17, 15) is 4.79 Å². The third kappa shape index (κ3) is 7.64. The lowest BCUT2D eigenvalue weighted by atomic mass is 9.88. The van der Waals surface area contributed by atoms with Crippen LogP contribution in [-0.2, 0) is 4.79 Å². The molecule has 0 unspecified atom stereocenters. The molecule has 0 spiro atoms. The molecule has 1 saturated carbocycles. The molecule has 2 aromatic rings. The topological polar surface area (TPSA) is 48.9 Å². The molecule has 0 N–H and O–H groups in total. The van der Waals surface area contributed by atoms with Gasteiger partial charge in [-0.3, -0.25) is 14.6 Å². The van der Waals surface area contributed by atoms with Crippen LogP contribution in [0.3, 0.4) is 0 Å². The Bertz CT molecular complexity index is 845. The fraction of sp³-hybridized carbons (Fsp3) is 0.520. The van der Waals surface area contributed by atoms with Gasteiger partial charge in [0.2, 0.25) is 5.91 Å². The van der Waals surface area contributed by atoms with Crippen molar-refractivity contribution in [2.75, 3.05) is 56.2 Å². The number of carbonyl (C=O) groups excluding carboxylic acids is 1. The number of nitrogens with zero attached hydrogens (tertiary/aromatic N) is 4. The molecule has 1 aliphatic carbocycles. The predicted octanol–water partition coefficient (Wildman–Crippen LogP) is -5.16. The number of ether oxygens (including phenoxy) is 1. The third-order valence-electron chi connectivity index (χ3n) is 6.58. The highest BCUT2D eigenvalue weighted by Gasteiger charge is 2.28. The second-order valence-electron chi connectivity index (χ2n) is 8.51. The van der Waals surface area contributed by atoms with Gasteiger partial charge in [0.1, 0.15) is 11.6 Å². The SMILES string of the molecule is COc1ccccc1N1CCN(CCN(C(=O)C2CCCCC2)c2ccccn2)CC1.[Cl-].[Cl-].[Cl-]. The Morgan fingerprint density at radius 3 is 2.29 bits per heavy atom. The van der Waals surface area contributed by atoms with Crippen molar-refractivity contribution in [1.82, 2.24) is 9.88 Å². The molecule has 1 aliphatic heterocycles. The molecule has 2 heterocycles. The van der Waals surface area contributed by atoms with Crippen molar-refractivity contribution in [2.45, 2.75) is 32.1 Å². The van der Waals surface area contributed by atoms with Gasteiger partial charge in [0.25, 0.3) is 0 Å². The zero-order valence-electron chi connectivity index (χ0n) is 19.7. The highest BCUT2D eigenvalue weighted by molar-refractivity contribution is 5.94. The zero-order chi connectivity index (χ0) is 21.5. The number of amides is 1. The summed E-state index contributed by atoms with van der Waals surface area (Å²) < 4.78 is 5.53. The lowest BCUT2D eigenvalue weighted by Crippen LogP contribution is -3.00. The van der Waals surface area contributed by atoms with Crippen LogP contribution in [0, 0.1) is 5.92 Å². The molecule has 0 radical (unpaired) electrons. The number of benzene rings is 1. The normalized spacial score (nSPS) is 16.4. The molecule has 6 nitrogen and oxygen atoms in total. The number of para-hydroxylation sites is 2. The lowest BCUT2D eigenvalue weighted by Gasteiger charge is -2.37. The summed E-state index contributed by atoms with van der Waals surface area (Å²) in [5, 5.41) is 0. The summed E-state index contributed by atoms with van der Waals surface area (Å²) in [5.41, 5.74) is 1.16. The van der Waals surface area contributed by atoms with Crippen molar-refractivity contribution in [3.05, 3.63) is 48.7 Å². The van der Waals surface area contributed by atoms with Gasteiger partial charge in [0.05, 0.1) is 12.8 Å². The smallest absolute Gasteiger partial charge is 0.231 e. The average Bonchev–Trinajstić information content (AvgIpc) is 2.85. The number of anilines is 2. The van der Waals surface area contributed by atoms with Gasteiger partial charge < -0.3 is 46.9 Å². The minimum absolute atomic E-state index is 0. The molecule has 1 amide bonds. The van der Waals surface area contributed by atoms with E-state index in [1.807, 2.05) is 35.2 Å². The number of rotatable bonds is 7. The fourth-order valence-electron chi connectivity index (χ4n) is 4.77. The van der Waals surface area contributed by atoms with Gasteiger partial charge in [0.15, 0.2) is 0 Å². The summed E-state index contributed by atoms with van der Waals surface area (Å²) in [4.78, 5) is 24.6. The van der Waals surface area contributed by atoms with E-state index in [-0.39, 0.29) is 49.0 Å². The first-order chi connectivity index (χ1) is 15.3. The van der Waals surface area contributed by atoms with Crippen molar-refractivity contribution < 1.29 is 46.8 Å². The van der Waals surface area contributed by atoms with E-state index < -0.39 is 0 Å². The second kappa shape index (κ2) is 15.3. The third-order valence-corrected chi connectivity index (χ3v) is 6.58. The van der Waals surface area contributed by atoms with Crippen LogP contribution in [0.15, 0.2) is 48.7 Å². The van der Waals surface area contributed by atoms with Gasteiger partial charge in [-0.2, -0.15) is 0 Å². The summed E-state index contributed by atoms with van der Waals surface area (Å²) in [5.74, 6) is 2.12. The van der Waals surface area contributed by atoms with Gasteiger partial charge in [0, 0.05) is 51.4 Å². The van der Waals surface area contributed by atoms with Crippen LogP contribution in [0.25, 0.3) is 0 Å².